The lowest BCUT2D eigenvalue weighted by molar-refractivity contribution is -0.128. The van der Waals surface area contributed by atoms with Crippen LogP contribution in [-0.4, -0.2) is 50.1 Å². The minimum atomic E-state index is -2.89. The number of nitrogens with two attached hydrogens (primary N) is 1. The van der Waals surface area contributed by atoms with Gasteiger partial charge in [0.25, 0.3) is 5.91 Å². The molecule has 4 rings (SSSR count). The molecule has 8 nitrogen and oxygen atoms in total. The van der Waals surface area contributed by atoms with Gasteiger partial charge in [-0.1, -0.05) is 36.4 Å². The third-order valence-corrected chi connectivity index (χ3v) is 7.66. The molecule has 1 aromatic heterocycles. The fourth-order valence-electron chi connectivity index (χ4n) is 5.44. The summed E-state index contributed by atoms with van der Waals surface area (Å²) in [6.45, 7) is 3.30. The summed E-state index contributed by atoms with van der Waals surface area (Å²) in [5.41, 5.74) is 7.07. The maximum absolute atomic E-state index is 14.2. The van der Waals surface area contributed by atoms with Crippen LogP contribution in [0.25, 0.3) is 11.0 Å². The highest BCUT2D eigenvalue weighted by Gasteiger charge is 2.42. The fraction of sp³-hybridized carbons (Fsp3) is 0.467. The number of fused-ring (bicyclic) bond motifs is 1. The topological polar surface area (TPSA) is 138 Å². The van der Waals surface area contributed by atoms with Crippen molar-refractivity contribution in [1.29, 1.82) is 0 Å². The van der Waals surface area contributed by atoms with Gasteiger partial charge in [-0.2, -0.15) is 0 Å². The highest BCUT2D eigenvalue weighted by molar-refractivity contribution is 5.94. The quantitative estimate of drug-likeness (QED) is 0.300. The first-order valence-corrected chi connectivity index (χ1v) is 13.5. The van der Waals surface area contributed by atoms with Crippen LogP contribution in [0.5, 0.6) is 0 Å². The van der Waals surface area contributed by atoms with Gasteiger partial charge in [-0.15, -0.1) is 0 Å². The summed E-state index contributed by atoms with van der Waals surface area (Å²) in [6.07, 6.45) is -0.0108. The van der Waals surface area contributed by atoms with Gasteiger partial charge in [0.15, 0.2) is 0 Å². The van der Waals surface area contributed by atoms with Crippen LogP contribution in [0, 0.1) is 11.8 Å². The van der Waals surface area contributed by atoms with Crippen LogP contribution < -0.4 is 11.1 Å². The lowest BCUT2D eigenvalue weighted by Gasteiger charge is -2.35. The number of aromatic nitrogens is 2. The summed E-state index contributed by atoms with van der Waals surface area (Å²) in [6, 6.07) is 13.3. The number of aliphatic hydroxyl groups is 2. The van der Waals surface area contributed by atoms with E-state index in [2.05, 4.69) is 15.3 Å². The van der Waals surface area contributed by atoms with Gasteiger partial charge >= 0.3 is 0 Å². The minimum absolute atomic E-state index is 0.0412. The molecule has 0 saturated heterocycles. The lowest BCUT2D eigenvalue weighted by Crippen LogP contribution is -2.48. The number of nitrogens with zero attached hydrogens (tertiary/aromatic N) is 2. The summed E-state index contributed by atoms with van der Waals surface area (Å²) < 4.78 is 28.3. The largest absolute Gasteiger partial charge is 0.391 e. The summed E-state index contributed by atoms with van der Waals surface area (Å²) in [5.74, 6) is -5.88. The van der Waals surface area contributed by atoms with Crippen LogP contribution in [0.2, 0.25) is 0 Å². The van der Waals surface area contributed by atoms with Crippen LogP contribution in [0.3, 0.4) is 0 Å². The summed E-state index contributed by atoms with van der Waals surface area (Å²) >= 11 is 0. The Morgan fingerprint density at radius 2 is 1.90 bits per heavy atom. The number of carbonyl (C=O) groups is 2. The molecular formula is C30H36F2N4O4. The molecule has 0 bridgehead atoms. The van der Waals surface area contributed by atoms with E-state index >= 15 is 0 Å². The predicted octanol–water partition coefficient (Wildman–Crippen LogP) is 3.88. The average Bonchev–Trinajstić information content (AvgIpc) is 2.89. The molecule has 2 aromatic carbocycles. The van der Waals surface area contributed by atoms with Crippen molar-refractivity contribution in [3.8, 4) is 0 Å². The van der Waals surface area contributed by atoms with Crippen molar-refractivity contribution in [3.05, 3.63) is 71.5 Å². The number of primary amides is 1. The summed E-state index contributed by atoms with van der Waals surface area (Å²) in [4.78, 5) is 34.3. The number of hydrogen-bond donors (Lipinski definition) is 4. The number of alkyl halides is 2. The second-order valence-corrected chi connectivity index (χ2v) is 11.3. The zero-order valence-corrected chi connectivity index (χ0v) is 22.7. The van der Waals surface area contributed by atoms with Gasteiger partial charge in [0.2, 0.25) is 11.8 Å². The zero-order chi connectivity index (χ0) is 29.1. The van der Waals surface area contributed by atoms with Gasteiger partial charge in [-0.25, -0.2) is 13.8 Å². The third-order valence-electron chi connectivity index (χ3n) is 7.66. The Kier molecular flexibility index (Phi) is 8.80. The molecule has 0 spiro atoms. The molecule has 10 heteroatoms. The molecule has 1 saturated carbocycles. The fourth-order valence-corrected chi connectivity index (χ4v) is 5.44. The van der Waals surface area contributed by atoms with Crippen molar-refractivity contribution in [2.75, 3.05) is 0 Å². The van der Waals surface area contributed by atoms with Crippen molar-refractivity contribution in [1.82, 2.24) is 15.3 Å². The van der Waals surface area contributed by atoms with Crippen LogP contribution in [0.1, 0.15) is 67.6 Å². The number of benzene rings is 2. The number of amides is 2. The first-order valence-electron chi connectivity index (χ1n) is 13.5. The maximum atomic E-state index is 14.2. The Hall–Kier alpha value is -3.50. The molecule has 1 heterocycles. The maximum Gasteiger partial charge on any atom is 0.271 e. The molecule has 0 aliphatic heterocycles. The Morgan fingerprint density at radius 1 is 1.18 bits per heavy atom. The monoisotopic (exact) mass is 554 g/mol. The molecule has 214 valence electrons. The number of hydrogen-bond acceptors (Lipinski definition) is 6. The van der Waals surface area contributed by atoms with E-state index in [0.717, 1.165) is 0 Å². The first-order chi connectivity index (χ1) is 18.8. The van der Waals surface area contributed by atoms with Crippen LogP contribution in [0.15, 0.2) is 54.7 Å². The van der Waals surface area contributed by atoms with E-state index in [-0.39, 0.29) is 31.4 Å². The summed E-state index contributed by atoms with van der Waals surface area (Å²) in [5, 5.41) is 24.6. The molecule has 3 aromatic rings. The van der Waals surface area contributed by atoms with Crippen LogP contribution in [-0.2, 0) is 16.8 Å². The van der Waals surface area contributed by atoms with E-state index < -0.39 is 53.7 Å². The van der Waals surface area contributed by atoms with E-state index in [1.54, 1.807) is 56.3 Å². The molecule has 4 atom stereocenters. The highest BCUT2D eigenvalue weighted by atomic mass is 19.3. The van der Waals surface area contributed by atoms with Crippen molar-refractivity contribution in [2.24, 2.45) is 17.6 Å². The van der Waals surface area contributed by atoms with Gasteiger partial charge in [0.1, 0.15) is 5.69 Å². The number of nitrogens with one attached hydrogen (secondary N) is 1. The first kappa shape index (κ1) is 29.5. The number of carbonyl (C=O) groups excluding carboxylic acids is 2. The van der Waals surface area contributed by atoms with E-state index in [1.165, 1.54) is 6.20 Å². The van der Waals surface area contributed by atoms with Gasteiger partial charge < -0.3 is 21.3 Å². The smallest absolute Gasteiger partial charge is 0.271 e. The second kappa shape index (κ2) is 11.9. The number of para-hydroxylation sites is 2. The standard InChI is InChI=1S/C30H36F2N4O4/c1-29(2,40)20-9-5-7-18(13-20)14-24(36-28(39)25-17-34-22-10-3-4-11-23(22)35-25)26(37)15-21(27(33)38)19-8-6-12-30(31,32)16-19/h3-5,7,9-11,13,17,19,21,24,26,37,40H,6,8,12,14-16H2,1-2H3,(H2,33,38)(H,36,39). The van der Waals surface area contributed by atoms with E-state index in [9.17, 15) is 28.6 Å². The number of aliphatic hydroxyl groups excluding tert-OH is 1. The molecule has 40 heavy (non-hydrogen) atoms. The molecular weight excluding hydrogens is 518 g/mol. The molecule has 5 N–H and O–H groups in total. The molecule has 0 radical (unpaired) electrons. The second-order valence-electron chi connectivity index (χ2n) is 11.3. The Morgan fingerprint density at radius 3 is 2.58 bits per heavy atom. The van der Waals surface area contributed by atoms with Crippen LogP contribution >= 0.6 is 0 Å². The molecule has 1 fully saturated rings. The lowest BCUT2D eigenvalue weighted by atomic mass is 9.75. The van der Waals surface area contributed by atoms with E-state index in [4.69, 9.17) is 5.73 Å². The number of halogens is 2. The van der Waals surface area contributed by atoms with Gasteiger partial charge in [-0.3, -0.25) is 14.6 Å². The van der Waals surface area contributed by atoms with Crippen molar-refractivity contribution in [3.63, 3.8) is 0 Å². The predicted molar refractivity (Wildman–Crippen MR) is 146 cm³/mol. The van der Waals surface area contributed by atoms with Gasteiger partial charge in [0.05, 0.1) is 35.0 Å². The number of rotatable bonds is 10. The Bertz CT molecular complexity index is 1360. The molecule has 1 aliphatic carbocycles. The molecule has 1 aliphatic rings. The van der Waals surface area contributed by atoms with Crippen molar-refractivity contribution >= 4 is 22.8 Å². The zero-order valence-electron chi connectivity index (χ0n) is 22.7. The minimum Gasteiger partial charge on any atom is -0.391 e. The highest BCUT2D eigenvalue weighted by Crippen LogP contribution is 2.41. The van der Waals surface area contributed by atoms with Crippen LogP contribution in [0.4, 0.5) is 8.78 Å². The van der Waals surface area contributed by atoms with E-state index in [0.29, 0.717) is 28.6 Å². The van der Waals surface area contributed by atoms with Crippen molar-refractivity contribution < 1.29 is 28.6 Å². The van der Waals surface area contributed by atoms with Gasteiger partial charge in [0, 0.05) is 18.8 Å². The normalized spacial score (nSPS) is 19.5. The molecule has 2 amide bonds. The van der Waals surface area contributed by atoms with Crippen molar-refractivity contribution in [2.45, 2.75) is 76.0 Å². The average molecular weight is 555 g/mol. The SMILES string of the molecule is CC(C)(O)c1cccc(CC(NC(=O)c2cnc3ccccc3n2)C(O)CC(C(N)=O)C2CCCC(F)(F)C2)c1. The van der Waals surface area contributed by atoms with Gasteiger partial charge in [-0.05, 0) is 68.7 Å². The Balaban J connectivity index is 1.60. The third kappa shape index (κ3) is 7.37. The summed E-state index contributed by atoms with van der Waals surface area (Å²) in [7, 11) is 0. The van der Waals surface area contributed by atoms with E-state index in [1.807, 2.05) is 6.07 Å². The Labute approximate surface area is 232 Å². The molecule has 4 unspecified atom stereocenters.